The molecule has 0 saturated heterocycles. The Labute approximate surface area is 82.2 Å². The van der Waals surface area contributed by atoms with E-state index in [1.165, 1.54) is 15.3 Å². The van der Waals surface area contributed by atoms with E-state index in [0.29, 0.717) is 6.42 Å². The Hall–Kier alpha value is -0.830. The highest BCUT2D eigenvalue weighted by molar-refractivity contribution is 7.12. The quantitative estimate of drug-likeness (QED) is 0.807. The monoisotopic (exact) mass is 198 g/mol. The number of carboxylic acids is 1. The highest BCUT2D eigenvalue weighted by Gasteiger charge is 2.05. The second-order valence-electron chi connectivity index (χ2n) is 3.04. The van der Waals surface area contributed by atoms with Crippen LogP contribution in [0.2, 0.25) is 0 Å². The third-order valence-corrected chi connectivity index (χ3v) is 3.27. The third-order valence-electron chi connectivity index (χ3n) is 2.03. The maximum Gasteiger partial charge on any atom is 0.303 e. The molecule has 3 heteroatoms. The lowest BCUT2D eigenvalue weighted by molar-refractivity contribution is -0.136. The molecule has 0 atom stereocenters. The van der Waals surface area contributed by atoms with Gasteiger partial charge in [0.05, 0.1) is 0 Å². The van der Waals surface area contributed by atoms with Gasteiger partial charge in [-0.2, -0.15) is 0 Å². The van der Waals surface area contributed by atoms with E-state index < -0.39 is 5.97 Å². The van der Waals surface area contributed by atoms with Crippen molar-refractivity contribution in [2.24, 2.45) is 0 Å². The van der Waals surface area contributed by atoms with Crippen molar-refractivity contribution in [3.63, 3.8) is 0 Å². The summed E-state index contributed by atoms with van der Waals surface area (Å²) in [7, 11) is 0. The van der Waals surface area contributed by atoms with Gasteiger partial charge in [0, 0.05) is 16.2 Å². The Kier molecular flexibility index (Phi) is 3.48. The molecule has 1 N–H and O–H groups in total. The van der Waals surface area contributed by atoms with E-state index in [-0.39, 0.29) is 6.42 Å². The summed E-state index contributed by atoms with van der Waals surface area (Å²) in [5.41, 5.74) is 1.20. The van der Waals surface area contributed by atoms with E-state index >= 15 is 0 Å². The molecule has 1 aromatic heterocycles. The summed E-state index contributed by atoms with van der Waals surface area (Å²) < 4.78 is 0. The van der Waals surface area contributed by atoms with Gasteiger partial charge < -0.3 is 5.11 Å². The van der Waals surface area contributed by atoms with Crippen LogP contribution in [0.25, 0.3) is 0 Å². The molecule has 0 aliphatic heterocycles. The fourth-order valence-corrected chi connectivity index (χ4v) is 2.28. The van der Waals surface area contributed by atoms with Crippen LogP contribution in [0.1, 0.15) is 28.7 Å². The van der Waals surface area contributed by atoms with Crippen LogP contribution in [0.4, 0.5) is 0 Å². The summed E-state index contributed by atoms with van der Waals surface area (Å²) in [6.45, 7) is 4.17. The molecule has 0 aliphatic rings. The van der Waals surface area contributed by atoms with E-state index in [2.05, 4.69) is 19.9 Å². The van der Waals surface area contributed by atoms with Crippen LogP contribution in [-0.4, -0.2) is 11.1 Å². The van der Waals surface area contributed by atoms with Crippen molar-refractivity contribution in [2.45, 2.75) is 33.1 Å². The second kappa shape index (κ2) is 4.42. The minimum absolute atomic E-state index is 0.237. The molecule has 0 fully saturated rings. The lowest BCUT2D eigenvalue weighted by Gasteiger charge is -1.94. The van der Waals surface area contributed by atoms with Gasteiger partial charge in [0.2, 0.25) is 0 Å². The summed E-state index contributed by atoms with van der Waals surface area (Å²) in [4.78, 5) is 13.0. The van der Waals surface area contributed by atoms with Crippen molar-refractivity contribution in [1.29, 1.82) is 0 Å². The number of hydrogen-bond acceptors (Lipinski definition) is 2. The summed E-state index contributed by atoms with van der Waals surface area (Å²) >= 11 is 1.77. The van der Waals surface area contributed by atoms with Crippen LogP contribution >= 0.6 is 11.3 Å². The van der Waals surface area contributed by atoms with Gasteiger partial charge in [-0.25, -0.2) is 0 Å². The average Bonchev–Trinajstić information content (AvgIpc) is 2.43. The molecule has 72 valence electrons. The Morgan fingerprint density at radius 1 is 1.62 bits per heavy atom. The fourth-order valence-electron chi connectivity index (χ4n) is 1.25. The first-order valence-electron chi connectivity index (χ1n) is 4.43. The molecule has 0 spiro atoms. The number of thiophene rings is 1. The van der Waals surface area contributed by atoms with Crippen molar-refractivity contribution in [1.82, 2.24) is 0 Å². The maximum atomic E-state index is 10.4. The van der Waals surface area contributed by atoms with E-state index in [1.54, 1.807) is 11.3 Å². The largest absolute Gasteiger partial charge is 0.481 e. The SMILES string of the molecule is CCc1cc(CCC(=O)O)c(C)s1. The normalized spacial score (nSPS) is 10.3. The van der Waals surface area contributed by atoms with Crippen LogP contribution in [0, 0.1) is 6.92 Å². The van der Waals surface area contributed by atoms with E-state index in [0.717, 1.165) is 6.42 Å². The Morgan fingerprint density at radius 2 is 2.31 bits per heavy atom. The minimum Gasteiger partial charge on any atom is -0.481 e. The molecule has 0 aliphatic carbocycles. The molecule has 1 aromatic rings. The predicted molar refractivity (Wildman–Crippen MR) is 54.4 cm³/mol. The van der Waals surface area contributed by atoms with Crippen LogP contribution in [0.5, 0.6) is 0 Å². The number of hydrogen-bond donors (Lipinski definition) is 1. The number of aliphatic carboxylic acids is 1. The highest BCUT2D eigenvalue weighted by atomic mass is 32.1. The smallest absolute Gasteiger partial charge is 0.303 e. The molecule has 0 aromatic carbocycles. The van der Waals surface area contributed by atoms with Gasteiger partial charge in [0.15, 0.2) is 0 Å². The zero-order chi connectivity index (χ0) is 9.84. The summed E-state index contributed by atoms with van der Waals surface area (Å²) in [6, 6.07) is 2.13. The Balaban J connectivity index is 2.65. The van der Waals surface area contributed by atoms with Crippen molar-refractivity contribution in [3.05, 3.63) is 21.4 Å². The van der Waals surface area contributed by atoms with Crippen LogP contribution in [0.15, 0.2) is 6.07 Å². The first kappa shape index (κ1) is 10.3. The van der Waals surface area contributed by atoms with Crippen molar-refractivity contribution in [2.75, 3.05) is 0 Å². The third kappa shape index (κ3) is 2.84. The van der Waals surface area contributed by atoms with E-state index in [9.17, 15) is 4.79 Å². The fraction of sp³-hybridized carbons (Fsp3) is 0.500. The van der Waals surface area contributed by atoms with Gasteiger partial charge in [-0.1, -0.05) is 6.92 Å². The van der Waals surface area contributed by atoms with Gasteiger partial charge in [-0.05, 0) is 31.4 Å². The highest BCUT2D eigenvalue weighted by Crippen LogP contribution is 2.22. The molecule has 0 saturated carbocycles. The topological polar surface area (TPSA) is 37.3 Å². The lowest BCUT2D eigenvalue weighted by atomic mass is 10.1. The molecule has 0 radical (unpaired) electrons. The molecule has 0 bridgehead atoms. The zero-order valence-corrected chi connectivity index (χ0v) is 8.78. The standard InChI is InChI=1S/C10H14O2S/c1-3-9-6-8(7(2)13-9)4-5-10(11)12/h6H,3-5H2,1-2H3,(H,11,12). The zero-order valence-electron chi connectivity index (χ0n) is 7.96. The van der Waals surface area contributed by atoms with Crippen molar-refractivity contribution < 1.29 is 9.90 Å². The van der Waals surface area contributed by atoms with Gasteiger partial charge in [-0.15, -0.1) is 11.3 Å². The van der Waals surface area contributed by atoms with Gasteiger partial charge in [0.1, 0.15) is 0 Å². The predicted octanol–water partition coefficient (Wildman–Crippen LogP) is 2.64. The molecule has 1 heterocycles. The molecule has 1 rings (SSSR count). The summed E-state index contributed by atoms with van der Waals surface area (Å²) in [5, 5.41) is 8.53. The van der Waals surface area contributed by atoms with Crippen LogP contribution < -0.4 is 0 Å². The number of aryl methyl sites for hydroxylation is 3. The summed E-state index contributed by atoms with van der Waals surface area (Å²) in [5.74, 6) is -0.719. The number of carboxylic acid groups (broad SMARTS) is 1. The molecule has 0 unspecified atom stereocenters. The summed E-state index contributed by atoms with van der Waals surface area (Å²) in [6.07, 6.45) is 1.94. The second-order valence-corrected chi connectivity index (χ2v) is 4.38. The number of carbonyl (C=O) groups is 1. The van der Waals surface area contributed by atoms with Crippen molar-refractivity contribution >= 4 is 17.3 Å². The molecule has 0 amide bonds. The van der Waals surface area contributed by atoms with Crippen LogP contribution in [0.3, 0.4) is 0 Å². The number of rotatable bonds is 4. The molecular weight excluding hydrogens is 184 g/mol. The van der Waals surface area contributed by atoms with E-state index in [4.69, 9.17) is 5.11 Å². The molecule has 13 heavy (non-hydrogen) atoms. The minimum atomic E-state index is -0.719. The van der Waals surface area contributed by atoms with Gasteiger partial charge in [0.25, 0.3) is 0 Å². The van der Waals surface area contributed by atoms with Crippen LogP contribution in [-0.2, 0) is 17.6 Å². The Morgan fingerprint density at radius 3 is 2.77 bits per heavy atom. The molecule has 2 nitrogen and oxygen atoms in total. The van der Waals surface area contributed by atoms with Crippen molar-refractivity contribution in [3.8, 4) is 0 Å². The first-order valence-corrected chi connectivity index (χ1v) is 5.25. The van der Waals surface area contributed by atoms with E-state index in [1.807, 2.05) is 0 Å². The van der Waals surface area contributed by atoms with Gasteiger partial charge in [-0.3, -0.25) is 4.79 Å². The molecular formula is C10H14O2S. The Bertz CT molecular complexity index is 302. The maximum absolute atomic E-state index is 10.4. The first-order chi connectivity index (χ1) is 6.13. The average molecular weight is 198 g/mol. The lowest BCUT2D eigenvalue weighted by Crippen LogP contribution is -1.97. The van der Waals surface area contributed by atoms with Gasteiger partial charge >= 0.3 is 5.97 Å².